The maximum atomic E-state index is 11.5. The molecule has 1 aromatic carbocycles. The van der Waals surface area contributed by atoms with Crippen LogP contribution in [0.3, 0.4) is 0 Å². The Hall–Kier alpha value is -2.10. The summed E-state index contributed by atoms with van der Waals surface area (Å²) in [5.74, 6) is 0. The number of carbonyl (C=O) groups excluding carboxylic acids is 1. The first-order valence-corrected chi connectivity index (χ1v) is 5.92. The molecule has 0 saturated carbocycles. The number of benzene rings is 1. The van der Waals surface area contributed by atoms with Gasteiger partial charge in [0.1, 0.15) is 0 Å². The molecule has 2 aromatic rings. The molecule has 94 valence electrons. The minimum atomic E-state index is -0.314. The molecule has 0 fully saturated rings. The van der Waals surface area contributed by atoms with Crippen molar-refractivity contribution in [3.05, 3.63) is 42.1 Å². The number of rotatable bonds is 3. The van der Waals surface area contributed by atoms with E-state index in [4.69, 9.17) is 4.74 Å². The fraction of sp³-hybridized carbons (Fsp3) is 0.286. The van der Waals surface area contributed by atoms with E-state index in [1.165, 1.54) is 4.90 Å². The number of carbonyl (C=O) groups is 1. The van der Waals surface area contributed by atoms with Gasteiger partial charge in [-0.2, -0.15) is 0 Å². The van der Waals surface area contributed by atoms with Gasteiger partial charge in [0.05, 0.1) is 18.7 Å². The van der Waals surface area contributed by atoms with Gasteiger partial charge in [0.15, 0.2) is 0 Å². The average Bonchev–Trinajstić information content (AvgIpc) is 2.39. The Bertz CT molecular complexity index is 554. The molecule has 1 amide bonds. The molecule has 4 heteroatoms. The van der Waals surface area contributed by atoms with Crippen LogP contribution in [-0.4, -0.2) is 29.6 Å². The van der Waals surface area contributed by atoms with Crippen LogP contribution in [0.2, 0.25) is 0 Å². The summed E-state index contributed by atoms with van der Waals surface area (Å²) < 4.78 is 4.93. The van der Waals surface area contributed by atoms with Crippen LogP contribution in [0.5, 0.6) is 0 Å². The van der Waals surface area contributed by atoms with Crippen LogP contribution < -0.4 is 0 Å². The molecule has 0 spiro atoms. The summed E-state index contributed by atoms with van der Waals surface area (Å²) in [6.07, 6.45) is 1.48. The Labute approximate surface area is 106 Å². The zero-order valence-electron chi connectivity index (χ0n) is 10.6. The summed E-state index contributed by atoms with van der Waals surface area (Å²) in [7, 11) is 1.72. The van der Waals surface area contributed by atoms with Crippen molar-refractivity contribution >= 4 is 17.0 Å². The van der Waals surface area contributed by atoms with E-state index in [1.54, 1.807) is 20.2 Å². The van der Waals surface area contributed by atoms with Crippen molar-refractivity contribution in [2.45, 2.75) is 13.5 Å². The molecular formula is C14H16N2O2. The van der Waals surface area contributed by atoms with E-state index in [2.05, 4.69) is 4.98 Å². The lowest BCUT2D eigenvalue weighted by Gasteiger charge is -2.16. The highest BCUT2D eigenvalue weighted by molar-refractivity contribution is 5.78. The first-order chi connectivity index (χ1) is 8.70. The summed E-state index contributed by atoms with van der Waals surface area (Å²) >= 11 is 0. The Morgan fingerprint density at radius 2 is 2.17 bits per heavy atom. The minimum absolute atomic E-state index is 0.314. The van der Waals surface area contributed by atoms with Crippen molar-refractivity contribution in [1.82, 2.24) is 9.88 Å². The molecule has 0 unspecified atom stereocenters. The molecule has 4 nitrogen and oxygen atoms in total. The van der Waals surface area contributed by atoms with Crippen molar-refractivity contribution in [1.29, 1.82) is 0 Å². The molecule has 0 bridgehead atoms. The van der Waals surface area contributed by atoms with Gasteiger partial charge in [-0.25, -0.2) is 4.79 Å². The third-order valence-corrected chi connectivity index (χ3v) is 2.65. The third-order valence-electron chi connectivity index (χ3n) is 2.65. The summed E-state index contributed by atoms with van der Waals surface area (Å²) in [4.78, 5) is 17.4. The minimum Gasteiger partial charge on any atom is -0.450 e. The fourth-order valence-corrected chi connectivity index (χ4v) is 1.78. The molecule has 1 heterocycles. The molecule has 2 rings (SSSR count). The first-order valence-electron chi connectivity index (χ1n) is 5.92. The topological polar surface area (TPSA) is 42.4 Å². The second-order valence-electron chi connectivity index (χ2n) is 4.09. The second kappa shape index (κ2) is 5.49. The normalized spacial score (nSPS) is 10.3. The number of amides is 1. The maximum Gasteiger partial charge on any atom is 0.409 e. The highest BCUT2D eigenvalue weighted by atomic mass is 16.5. The SMILES string of the molecule is CCOC(=O)N(C)Cc1cnc2ccccc2c1. The standard InChI is InChI=1S/C14H16N2O2/c1-3-18-14(17)16(2)10-11-8-12-6-4-5-7-13(12)15-9-11/h4-9H,3,10H2,1-2H3. The van der Waals surface area contributed by atoms with Crippen molar-refractivity contribution in [3.8, 4) is 0 Å². The van der Waals surface area contributed by atoms with Gasteiger partial charge in [0.2, 0.25) is 0 Å². The van der Waals surface area contributed by atoms with Gasteiger partial charge in [0, 0.05) is 18.6 Å². The molecule has 0 aliphatic heterocycles. The number of nitrogens with zero attached hydrogens (tertiary/aromatic N) is 2. The largest absolute Gasteiger partial charge is 0.450 e. The van der Waals surface area contributed by atoms with Crippen molar-refractivity contribution in [2.75, 3.05) is 13.7 Å². The summed E-state index contributed by atoms with van der Waals surface area (Å²) in [5, 5.41) is 1.08. The van der Waals surface area contributed by atoms with Gasteiger partial charge >= 0.3 is 6.09 Å². The number of hydrogen-bond acceptors (Lipinski definition) is 3. The number of hydrogen-bond donors (Lipinski definition) is 0. The lowest BCUT2D eigenvalue weighted by molar-refractivity contribution is 0.114. The highest BCUT2D eigenvalue weighted by Gasteiger charge is 2.09. The van der Waals surface area contributed by atoms with E-state index < -0.39 is 0 Å². The number of aromatic nitrogens is 1. The monoisotopic (exact) mass is 244 g/mol. The van der Waals surface area contributed by atoms with E-state index >= 15 is 0 Å². The Kier molecular flexibility index (Phi) is 3.77. The van der Waals surface area contributed by atoms with Gasteiger partial charge in [-0.3, -0.25) is 4.98 Å². The lowest BCUT2D eigenvalue weighted by Crippen LogP contribution is -2.26. The van der Waals surface area contributed by atoms with Gasteiger partial charge in [-0.15, -0.1) is 0 Å². The molecule has 0 atom stereocenters. The fourth-order valence-electron chi connectivity index (χ4n) is 1.78. The molecule has 0 radical (unpaired) electrons. The van der Waals surface area contributed by atoms with Crippen molar-refractivity contribution < 1.29 is 9.53 Å². The molecule has 0 N–H and O–H groups in total. The number of para-hydroxylation sites is 1. The van der Waals surface area contributed by atoms with Gasteiger partial charge in [-0.05, 0) is 24.6 Å². The van der Waals surface area contributed by atoms with Crippen LogP contribution in [0.15, 0.2) is 36.5 Å². The third kappa shape index (κ3) is 2.77. The molecular weight excluding hydrogens is 228 g/mol. The first kappa shape index (κ1) is 12.4. The lowest BCUT2D eigenvalue weighted by atomic mass is 10.1. The number of fused-ring (bicyclic) bond motifs is 1. The van der Waals surface area contributed by atoms with Crippen LogP contribution in [0, 0.1) is 0 Å². The van der Waals surface area contributed by atoms with Crippen LogP contribution >= 0.6 is 0 Å². The zero-order valence-corrected chi connectivity index (χ0v) is 10.6. The quantitative estimate of drug-likeness (QED) is 0.833. The van der Waals surface area contributed by atoms with E-state index in [-0.39, 0.29) is 6.09 Å². The summed E-state index contributed by atoms with van der Waals surface area (Å²) in [6.45, 7) is 2.68. The van der Waals surface area contributed by atoms with E-state index in [0.29, 0.717) is 13.2 Å². The van der Waals surface area contributed by atoms with Crippen LogP contribution in [0.1, 0.15) is 12.5 Å². The smallest absolute Gasteiger partial charge is 0.409 e. The maximum absolute atomic E-state index is 11.5. The Morgan fingerprint density at radius 3 is 2.94 bits per heavy atom. The van der Waals surface area contributed by atoms with Crippen LogP contribution in [-0.2, 0) is 11.3 Å². The van der Waals surface area contributed by atoms with E-state index in [0.717, 1.165) is 16.5 Å². The Balaban J connectivity index is 2.14. The molecule has 0 saturated heterocycles. The molecule has 0 aliphatic rings. The second-order valence-corrected chi connectivity index (χ2v) is 4.09. The number of ether oxygens (including phenoxy) is 1. The molecule has 1 aromatic heterocycles. The van der Waals surface area contributed by atoms with Crippen LogP contribution in [0.25, 0.3) is 10.9 Å². The average molecular weight is 244 g/mol. The molecule has 18 heavy (non-hydrogen) atoms. The van der Waals surface area contributed by atoms with Crippen LogP contribution in [0.4, 0.5) is 4.79 Å². The predicted molar refractivity (Wildman–Crippen MR) is 70.2 cm³/mol. The predicted octanol–water partition coefficient (Wildman–Crippen LogP) is 2.82. The Morgan fingerprint density at radius 1 is 1.39 bits per heavy atom. The summed E-state index contributed by atoms with van der Waals surface area (Å²) in [6, 6.07) is 9.95. The molecule has 0 aliphatic carbocycles. The van der Waals surface area contributed by atoms with E-state index in [9.17, 15) is 4.79 Å². The van der Waals surface area contributed by atoms with Gasteiger partial charge in [-0.1, -0.05) is 18.2 Å². The van der Waals surface area contributed by atoms with E-state index in [1.807, 2.05) is 30.3 Å². The highest BCUT2D eigenvalue weighted by Crippen LogP contribution is 2.13. The summed E-state index contributed by atoms with van der Waals surface area (Å²) in [5.41, 5.74) is 1.95. The zero-order chi connectivity index (χ0) is 13.0. The number of pyridine rings is 1. The van der Waals surface area contributed by atoms with Crippen molar-refractivity contribution in [3.63, 3.8) is 0 Å². The van der Waals surface area contributed by atoms with Gasteiger partial charge in [0.25, 0.3) is 0 Å². The van der Waals surface area contributed by atoms with Gasteiger partial charge < -0.3 is 9.64 Å². The van der Waals surface area contributed by atoms with Crippen molar-refractivity contribution in [2.24, 2.45) is 0 Å².